The minimum absolute atomic E-state index is 0.217. The van der Waals surface area contributed by atoms with Crippen molar-refractivity contribution in [2.45, 2.75) is 33.2 Å². The molecule has 1 aromatic rings. The number of hydrogen-bond donors (Lipinski definition) is 1. The highest BCUT2D eigenvalue weighted by Gasteiger charge is 2.08. The number of aromatic nitrogens is 1. The highest BCUT2D eigenvalue weighted by Crippen LogP contribution is 2.06. The second kappa shape index (κ2) is 4.38. The van der Waals surface area contributed by atoms with Crippen molar-refractivity contribution in [1.29, 1.82) is 0 Å². The van der Waals surface area contributed by atoms with Gasteiger partial charge in [-0.25, -0.2) is 0 Å². The molecule has 1 rings (SSSR count). The first-order valence-corrected chi connectivity index (χ1v) is 4.77. The molecule has 0 radical (unpaired) electrons. The molecule has 0 saturated carbocycles. The van der Waals surface area contributed by atoms with Crippen molar-refractivity contribution in [1.82, 2.24) is 4.98 Å². The molecule has 0 aromatic carbocycles. The van der Waals surface area contributed by atoms with Crippen LogP contribution in [-0.4, -0.2) is 11.0 Å². The van der Waals surface area contributed by atoms with Gasteiger partial charge < -0.3 is 5.73 Å². The smallest absolute Gasteiger partial charge is 0.0422 e. The molecule has 2 heteroatoms. The van der Waals surface area contributed by atoms with Crippen LogP contribution >= 0.6 is 0 Å². The van der Waals surface area contributed by atoms with E-state index in [1.54, 1.807) is 0 Å². The summed E-state index contributed by atoms with van der Waals surface area (Å²) in [6.45, 7) is 6.28. The molecule has 1 aromatic heterocycles. The Hall–Kier alpha value is -0.890. The van der Waals surface area contributed by atoms with Gasteiger partial charge >= 0.3 is 0 Å². The summed E-state index contributed by atoms with van der Waals surface area (Å²) in [7, 11) is 0. The van der Waals surface area contributed by atoms with Gasteiger partial charge in [0.05, 0.1) is 0 Å². The van der Waals surface area contributed by atoms with E-state index < -0.39 is 0 Å². The van der Waals surface area contributed by atoms with Crippen LogP contribution in [0.2, 0.25) is 0 Å². The van der Waals surface area contributed by atoms with E-state index in [2.05, 4.69) is 18.8 Å². The molecule has 1 heterocycles. The van der Waals surface area contributed by atoms with Crippen LogP contribution in [0.1, 0.15) is 25.2 Å². The monoisotopic (exact) mass is 178 g/mol. The molecular weight excluding hydrogens is 160 g/mol. The van der Waals surface area contributed by atoms with Crippen molar-refractivity contribution in [2.75, 3.05) is 0 Å². The van der Waals surface area contributed by atoms with E-state index in [4.69, 9.17) is 5.73 Å². The zero-order chi connectivity index (χ0) is 9.84. The highest BCUT2D eigenvalue weighted by atomic mass is 14.7. The van der Waals surface area contributed by atoms with E-state index in [9.17, 15) is 0 Å². The van der Waals surface area contributed by atoms with Gasteiger partial charge in [0.25, 0.3) is 0 Å². The molecule has 72 valence electrons. The van der Waals surface area contributed by atoms with Crippen LogP contribution in [0.3, 0.4) is 0 Å². The minimum atomic E-state index is 0.217. The standard InChI is InChI=1S/C11H18N2/c1-8(2)11(12)7-10-6-4-5-9(3)13-10/h4-6,8,11H,7,12H2,1-3H3. The lowest BCUT2D eigenvalue weighted by atomic mass is 10.00. The van der Waals surface area contributed by atoms with Gasteiger partial charge in [0.15, 0.2) is 0 Å². The molecule has 0 aliphatic carbocycles. The van der Waals surface area contributed by atoms with Crippen molar-refractivity contribution in [3.63, 3.8) is 0 Å². The second-order valence-electron chi connectivity index (χ2n) is 3.88. The predicted molar refractivity (Wildman–Crippen MR) is 55.5 cm³/mol. The number of nitrogens with two attached hydrogens (primary N) is 1. The molecule has 0 saturated heterocycles. The van der Waals surface area contributed by atoms with Gasteiger partial charge in [0, 0.05) is 23.9 Å². The Morgan fingerprint density at radius 3 is 2.62 bits per heavy atom. The fourth-order valence-electron chi connectivity index (χ4n) is 1.19. The van der Waals surface area contributed by atoms with Crippen LogP contribution in [0.25, 0.3) is 0 Å². The summed E-state index contributed by atoms with van der Waals surface area (Å²) in [6.07, 6.45) is 0.874. The largest absolute Gasteiger partial charge is 0.327 e. The molecule has 0 bridgehead atoms. The van der Waals surface area contributed by atoms with Crippen LogP contribution in [0.15, 0.2) is 18.2 Å². The van der Waals surface area contributed by atoms with Gasteiger partial charge in [0.2, 0.25) is 0 Å². The highest BCUT2D eigenvalue weighted by molar-refractivity contribution is 5.10. The average Bonchev–Trinajstić information content (AvgIpc) is 2.04. The summed E-state index contributed by atoms with van der Waals surface area (Å²) in [4.78, 5) is 4.42. The maximum absolute atomic E-state index is 5.96. The summed E-state index contributed by atoms with van der Waals surface area (Å²) < 4.78 is 0. The van der Waals surface area contributed by atoms with Crippen LogP contribution in [-0.2, 0) is 6.42 Å². The van der Waals surface area contributed by atoms with E-state index in [0.717, 1.165) is 17.8 Å². The third kappa shape index (κ3) is 3.15. The normalized spacial score (nSPS) is 13.3. The molecule has 0 aliphatic heterocycles. The summed E-state index contributed by atoms with van der Waals surface area (Å²) in [5.41, 5.74) is 8.12. The van der Waals surface area contributed by atoms with E-state index >= 15 is 0 Å². The Bertz CT molecular complexity index is 269. The Morgan fingerprint density at radius 1 is 1.38 bits per heavy atom. The van der Waals surface area contributed by atoms with Gasteiger partial charge in [-0.15, -0.1) is 0 Å². The number of rotatable bonds is 3. The zero-order valence-electron chi connectivity index (χ0n) is 8.62. The summed E-state index contributed by atoms with van der Waals surface area (Å²) in [5, 5.41) is 0. The summed E-state index contributed by atoms with van der Waals surface area (Å²) in [5.74, 6) is 0.516. The van der Waals surface area contributed by atoms with Crippen LogP contribution in [0.4, 0.5) is 0 Å². The quantitative estimate of drug-likeness (QED) is 0.768. The molecule has 2 nitrogen and oxygen atoms in total. The van der Waals surface area contributed by atoms with E-state index in [1.807, 2.05) is 25.1 Å². The van der Waals surface area contributed by atoms with Crippen molar-refractivity contribution in [2.24, 2.45) is 11.7 Å². The topological polar surface area (TPSA) is 38.9 Å². The molecule has 0 aliphatic rings. The Kier molecular flexibility index (Phi) is 3.43. The third-order valence-corrected chi connectivity index (χ3v) is 2.25. The number of pyridine rings is 1. The van der Waals surface area contributed by atoms with Gasteiger partial charge in [-0.3, -0.25) is 4.98 Å². The van der Waals surface area contributed by atoms with Crippen molar-refractivity contribution < 1.29 is 0 Å². The first kappa shape index (κ1) is 10.2. The van der Waals surface area contributed by atoms with Gasteiger partial charge in [-0.2, -0.15) is 0 Å². The molecule has 2 N–H and O–H groups in total. The van der Waals surface area contributed by atoms with E-state index in [0.29, 0.717) is 5.92 Å². The fraction of sp³-hybridized carbons (Fsp3) is 0.545. The van der Waals surface area contributed by atoms with Crippen LogP contribution in [0.5, 0.6) is 0 Å². The molecule has 1 unspecified atom stereocenters. The van der Waals surface area contributed by atoms with Gasteiger partial charge in [0.1, 0.15) is 0 Å². The molecule has 0 amide bonds. The third-order valence-electron chi connectivity index (χ3n) is 2.25. The lowest BCUT2D eigenvalue weighted by Crippen LogP contribution is -2.29. The lowest BCUT2D eigenvalue weighted by molar-refractivity contribution is 0.486. The first-order chi connectivity index (χ1) is 6.09. The average molecular weight is 178 g/mol. The van der Waals surface area contributed by atoms with Crippen LogP contribution in [0, 0.1) is 12.8 Å². The number of hydrogen-bond acceptors (Lipinski definition) is 2. The molecule has 1 atom stereocenters. The van der Waals surface area contributed by atoms with Crippen molar-refractivity contribution >= 4 is 0 Å². The van der Waals surface area contributed by atoms with Gasteiger partial charge in [-0.1, -0.05) is 19.9 Å². The van der Waals surface area contributed by atoms with Crippen molar-refractivity contribution in [3.8, 4) is 0 Å². The first-order valence-electron chi connectivity index (χ1n) is 4.77. The lowest BCUT2D eigenvalue weighted by Gasteiger charge is -2.14. The summed E-state index contributed by atoms with van der Waals surface area (Å²) in [6, 6.07) is 6.29. The molecule has 0 fully saturated rings. The maximum Gasteiger partial charge on any atom is 0.0422 e. The zero-order valence-corrected chi connectivity index (χ0v) is 8.62. The Balaban J connectivity index is 2.64. The second-order valence-corrected chi connectivity index (χ2v) is 3.88. The fourth-order valence-corrected chi connectivity index (χ4v) is 1.19. The summed E-state index contributed by atoms with van der Waals surface area (Å²) >= 11 is 0. The minimum Gasteiger partial charge on any atom is -0.327 e. The van der Waals surface area contributed by atoms with E-state index in [-0.39, 0.29) is 6.04 Å². The van der Waals surface area contributed by atoms with Crippen LogP contribution < -0.4 is 5.73 Å². The number of nitrogens with zero attached hydrogens (tertiary/aromatic N) is 1. The Morgan fingerprint density at radius 2 is 2.08 bits per heavy atom. The molecule has 13 heavy (non-hydrogen) atoms. The van der Waals surface area contributed by atoms with E-state index in [1.165, 1.54) is 0 Å². The van der Waals surface area contributed by atoms with Crippen molar-refractivity contribution in [3.05, 3.63) is 29.6 Å². The van der Waals surface area contributed by atoms with Gasteiger partial charge in [-0.05, 0) is 25.0 Å². The Labute approximate surface area is 80.2 Å². The number of aryl methyl sites for hydroxylation is 1. The maximum atomic E-state index is 5.96. The molecular formula is C11H18N2. The SMILES string of the molecule is Cc1cccc(CC(N)C(C)C)n1. The predicted octanol–water partition coefficient (Wildman–Crippen LogP) is 1.92. The molecule has 0 spiro atoms.